The molecule has 0 aliphatic carbocycles. The number of rotatable bonds is 11. The van der Waals surface area contributed by atoms with Gasteiger partial charge in [0.1, 0.15) is 12.4 Å². The number of ether oxygens (including phenoxy) is 1. The molecule has 0 heterocycles. The highest BCUT2D eigenvalue weighted by Gasteiger charge is 2.17. The summed E-state index contributed by atoms with van der Waals surface area (Å²) >= 11 is 6.03. The second-order valence-electron chi connectivity index (χ2n) is 7.19. The van der Waals surface area contributed by atoms with Crippen LogP contribution < -0.4 is 10.1 Å². The monoisotopic (exact) mass is 475 g/mol. The van der Waals surface area contributed by atoms with Gasteiger partial charge in [0.25, 0.3) is 0 Å². The third-order valence-corrected chi connectivity index (χ3v) is 6.99. The molecule has 0 radical (unpaired) electrons. The standard InChI is InChI=1S/C24H26ClNO5S/c25-20-3-1-2-19(16-20)24(17-28)26-13-12-18-4-8-22(9-5-18)32(29,30)23-10-6-21(7-11-23)31-15-14-27/h1-11,16,24,26-28H,12-15,17H2. The Balaban J connectivity index is 1.60. The van der Waals surface area contributed by atoms with E-state index in [0.717, 1.165) is 11.1 Å². The summed E-state index contributed by atoms with van der Waals surface area (Å²) in [6.45, 7) is 0.601. The summed E-state index contributed by atoms with van der Waals surface area (Å²) in [6.07, 6.45) is 0.675. The van der Waals surface area contributed by atoms with Crippen LogP contribution in [0, 0.1) is 0 Å². The van der Waals surface area contributed by atoms with Gasteiger partial charge in [0.05, 0.1) is 29.0 Å². The van der Waals surface area contributed by atoms with Crippen LogP contribution >= 0.6 is 11.6 Å². The molecule has 32 heavy (non-hydrogen) atoms. The van der Waals surface area contributed by atoms with Gasteiger partial charge in [0.2, 0.25) is 9.84 Å². The van der Waals surface area contributed by atoms with Crippen molar-refractivity contribution < 1.29 is 23.4 Å². The van der Waals surface area contributed by atoms with Gasteiger partial charge in [0, 0.05) is 5.02 Å². The first kappa shape index (κ1) is 24.2. The van der Waals surface area contributed by atoms with Crippen molar-refractivity contribution in [2.24, 2.45) is 0 Å². The average Bonchev–Trinajstić information content (AvgIpc) is 2.81. The molecular weight excluding hydrogens is 450 g/mol. The van der Waals surface area contributed by atoms with E-state index in [1.165, 1.54) is 12.1 Å². The van der Waals surface area contributed by atoms with Crippen LogP contribution in [0.2, 0.25) is 5.02 Å². The van der Waals surface area contributed by atoms with Crippen molar-refractivity contribution in [3.05, 3.63) is 88.9 Å². The summed E-state index contributed by atoms with van der Waals surface area (Å²) in [5.74, 6) is 0.500. The van der Waals surface area contributed by atoms with E-state index in [4.69, 9.17) is 21.4 Å². The Morgan fingerprint density at radius 3 is 2.19 bits per heavy atom. The van der Waals surface area contributed by atoms with Crippen molar-refractivity contribution in [1.82, 2.24) is 5.32 Å². The second-order valence-corrected chi connectivity index (χ2v) is 9.57. The summed E-state index contributed by atoms with van der Waals surface area (Å²) in [5, 5.41) is 22.4. The summed E-state index contributed by atoms with van der Waals surface area (Å²) in [5.41, 5.74) is 1.89. The number of halogens is 1. The summed E-state index contributed by atoms with van der Waals surface area (Å²) in [7, 11) is -3.64. The van der Waals surface area contributed by atoms with Gasteiger partial charge in [-0.05, 0) is 72.6 Å². The van der Waals surface area contributed by atoms with Crippen LogP contribution in [0.4, 0.5) is 0 Å². The molecule has 0 aliphatic heterocycles. The number of hydrogen-bond acceptors (Lipinski definition) is 6. The first-order valence-corrected chi connectivity index (χ1v) is 12.1. The molecule has 170 valence electrons. The van der Waals surface area contributed by atoms with E-state index in [1.807, 2.05) is 18.2 Å². The zero-order chi connectivity index (χ0) is 23.0. The molecule has 3 rings (SSSR count). The zero-order valence-corrected chi connectivity index (χ0v) is 19.0. The molecule has 1 unspecified atom stereocenters. The Morgan fingerprint density at radius 2 is 1.59 bits per heavy atom. The molecular formula is C24H26ClNO5S. The summed E-state index contributed by atoms with van der Waals surface area (Å²) in [6, 6.07) is 20.0. The number of aliphatic hydroxyl groups excluding tert-OH is 2. The van der Waals surface area contributed by atoms with E-state index in [2.05, 4.69) is 5.32 Å². The van der Waals surface area contributed by atoms with Crippen LogP contribution in [0.3, 0.4) is 0 Å². The molecule has 0 aromatic heterocycles. The fourth-order valence-corrected chi connectivity index (χ4v) is 4.71. The van der Waals surface area contributed by atoms with Crippen LogP contribution in [0.1, 0.15) is 17.2 Å². The first-order valence-electron chi connectivity index (χ1n) is 10.2. The number of benzene rings is 3. The van der Waals surface area contributed by atoms with Gasteiger partial charge in [-0.25, -0.2) is 8.42 Å². The van der Waals surface area contributed by atoms with Gasteiger partial charge in [-0.2, -0.15) is 0 Å². The number of sulfone groups is 1. The maximum Gasteiger partial charge on any atom is 0.206 e. The number of hydrogen-bond donors (Lipinski definition) is 3. The fraction of sp³-hybridized carbons (Fsp3) is 0.250. The number of aliphatic hydroxyl groups is 2. The van der Waals surface area contributed by atoms with E-state index in [-0.39, 0.29) is 35.7 Å². The largest absolute Gasteiger partial charge is 0.491 e. The van der Waals surface area contributed by atoms with Crippen LogP contribution in [-0.4, -0.2) is 45.0 Å². The third kappa shape index (κ3) is 6.31. The maximum absolute atomic E-state index is 12.9. The van der Waals surface area contributed by atoms with E-state index in [0.29, 0.717) is 23.7 Å². The van der Waals surface area contributed by atoms with E-state index in [1.54, 1.807) is 42.5 Å². The molecule has 0 aliphatic rings. The Bertz CT molecular complexity index is 1100. The second kappa shape index (κ2) is 11.4. The molecule has 6 nitrogen and oxygen atoms in total. The minimum atomic E-state index is -3.64. The van der Waals surface area contributed by atoms with E-state index < -0.39 is 9.84 Å². The van der Waals surface area contributed by atoms with Crippen molar-refractivity contribution in [1.29, 1.82) is 0 Å². The molecule has 3 aromatic carbocycles. The highest BCUT2D eigenvalue weighted by atomic mass is 35.5. The lowest BCUT2D eigenvalue weighted by Gasteiger charge is -2.17. The molecule has 0 bridgehead atoms. The lowest BCUT2D eigenvalue weighted by atomic mass is 10.1. The maximum atomic E-state index is 12.9. The quantitative estimate of drug-likeness (QED) is 0.393. The van der Waals surface area contributed by atoms with Crippen molar-refractivity contribution in [2.45, 2.75) is 22.3 Å². The van der Waals surface area contributed by atoms with Gasteiger partial charge in [-0.1, -0.05) is 35.9 Å². The molecule has 0 saturated heterocycles. The molecule has 3 aromatic rings. The molecule has 0 spiro atoms. The number of nitrogens with one attached hydrogen (secondary N) is 1. The smallest absolute Gasteiger partial charge is 0.206 e. The highest BCUT2D eigenvalue weighted by Crippen LogP contribution is 2.24. The average molecular weight is 476 g/mol. The third-order valence-electron chi connectivity index (χ3n) is 4.97. The Labute approximate surface area is 193 Å². The van der Waals surface area contributed by atoms with Gasteiger partial charge in [0.15, 0.2) is 0 Å². The molecule has 1 atom stereocenters. The summed E-state index contributed by atoms with van der Waals surface area (Å²) < 4.78 is 31.0. The Kier molecular flexibility index (Phi) is 8.67. The predicted octanol–water partition coefficient (Wildman–Crippen LogP) is 3.41. The first-order chi connectivity index (χ1) is 15.4. The van der Waals surface area contributed by atoms with Crippen molar-refractivity contribution >= 4 is 21.4 Å². The lowest BCUT2D eigenvalue weighted by Crippen LogP contribution is -2.26. The van der Waals surface area contributed by atoms with Gasteiger partial charge < -0.3 is 20.3 Å². The van der Waals surface area contributed by atoms with Gasteiger partial charge in [-0.15, -0.1) is 0 Å². The normalized spacial score (nSPS) is 12.5. The van der Waals surface area contributed by atoms with Crippen LogP contribution in [-0.2, 0) is 16.3 Å². The van der Waals surface area contributed by atoms with Crippen LogP contribution in [0.5, 0.6) is 5.75 Å². The molecule has 0 saturated carbocycles. The molecule has 8 heteroatoms. The van der Waals surface area contributed by atoms with Gasteiger partial charge >= 0.3 is 0 Å². The topological polar surface area (TPSA) is 95.9 Å². The minimum absolute atomic E-state index is 0.0542. The van der Waals surface area contributed by atoms with Crippen molar-refractivity contribution in [3.63, 3.8) is 0 Å². The van der Waals surface area contributed by atoms with Gasteiger partial charge in [-0.3, -0.25) is 0 Å². The predicted molar refractivity (Wildman–Crippen MR) is 124 cm³/mol. The zero-order valence-electron chi connectivity index (χ0n) is 17.4. The van der Waals surface area contributed by atoms with Crippen LogP contribution in [0.15, 0.2) is 82.6 Å². The van der Waals surface area contributed by atoms with Crippen LogP contribution in [0.25, 0.3) is 0 Å². The Morgan fingerprint density at radius 1 is 0.938 bits per heavy atom. The highest BCUT2D eigenvalue weighted by molar-refractivity contribution is 7.91. The Hall–Kier alpha value is -2.42. The lowest BCUT2D eigenvalue weighted by molar-refractivity contribution is 0.201. The molecule has 0 fully saturated rings. The molecule has 3 N–H and O–H groups in total. The fourth-order valence-electron chi connectivity index (χ4n) is 3.25. The van der Waals surface area contributed by atoms with Crippen molar-refractivity contribution in [2.75, 3.05) is 26.4 Å². The summed E-state index contributed by atoms with van der Waals surface area (Å²) in [4.78, 5) is 0.390. The SMILES string of the molecule is O=S(=O)(c1ccc(CCNC(CO)c2cccc(Cl)c2)cc1)c1ccc(OCCO)cc1. The minimum Gasteiger partial charge on any atom is -0.491 e. The van der Waals surface area contributed by atoms with E-state index in [9.17, 15) is 13.5 Å². The van der Waals surface area contributed by atoms with E-state index >= 15 is 0 Å². The van der Waals surface area contributed by atoms with Crippen molar-refractivity contribution in [3.8, 4) is 5.75 Å². The molecule has 0 amide bonds.